The molecule has 3 rings (SSSR count). The van der Waals surface area contributed by atoms with Gasteiger partial charge < -0.3 is 20.3 Å². The average molecular weight is 395 g/mol. The first-order valence-corrected chi connectivity index (χ1v) is 10.0. The van der Waals surface area contributed by atoms with E-state index in [4.69, 9.17) is 4.74 Å². The Bertz CT molecular complexity index is 848. The van der Waals surface area contributed by atoms with Crippen molar-refractivity contribution in [2.75, 3.05) is 40.8 Å². The maximum atomic E-state index is 11.8. The van der Waals surface area contributed by atoms with E-state index >= 15 is 0 Å². The van der Waals surface area contributed by atoms with Crippen molar-refractivity contribution < 1.29 is 9.53 Å². The quantitative estimate of drug-likeness (QED) is 0.584. The van der Waals surface area contributed by atoms with Gasteiger partial charge in [-0.25, -0.2) is 0 Å². The van der Waals surface area contributed by atoms with Gasteiger partial charge in [-0.2, -0.15) is 0 Å². The number of nitrogens with zero attached hydrogens (tertiary/aromatic N) is 2. The number of hydrogen-bond donors (Lipinski definition) is 2. The van der Waals surface area contributed by atoms with Crippen LogP contribution >= 0.6 is 0 Å². The van der Waals surface area contributed by atoms with Gasteiger partial charge >= 0.3 is 0 Å². The predicted molar refractivity (Wildman–Crippen MR) is 117 cm³/mol. The molecule has 1 aliphatic heterocycles. The second-order valence-electron chi connectivity index (χ2n) is 7.21. The molecule has 1 amide bonds. The summed E-state index contributed by atoms with van der Waals surface area (Å²) in [4.78, 5) is 18.6. The van der Waals surface area contributed by atoms with Crippen LogP contribution in [0.3, 0.4) is 0 Å². The van der Waals surface area contributed by atoms with E-state index in [1.807, 2.05) is 43.4 Å². The van der Waals surface area contributed by atoms with Crippen molar-refractivity contribution in [3.8, 4) is 5.75 Å². The minimum absolute atomic E-state index is 0.0581. The third-order valence-electron chi connectivity index (χ3n) is 5.40. The van der Waals surface area contributed by atoms with Crippen LogP contribution in [0.4, 0.5) is 0 Å². The van der Waals surface area contributed by atoms with E-state index in [9.17, 15) is 4.79 Å². The molecule has 1 aliphatic rings. The largest absolute Gasteiger partial charge is 0.497 e. The van der Waals surface area contributed by atoms with Gasteiger partial charge in [0.05, 0.1) is 7.11 Å². The fraction of sp³-hybridized carbons (Fsp3) is 0.391. The molecular formula is C23H30N4O2. The summed E-state index contributed by atoms with van der Waals surface area (Å²) in [6, 6.07) is 16.1. The molecule has 29 heavy (non-hydrogen) atoms. The number of ether oxygens (including phenoxy) is 1. The fourth-order valence-electron chi connectivity index (χ4n) is 3.76. The number of likely N-dealkylation sites (tertiary alicyclic amines) is 1. The van der Waals surface area contributed by atoms with Crippen molar-refractivity contribution in [2.24, 2.45) is 4.99 Å². The van der Waals surface area contributed by atoms with Crippen LogP contribution in [0.25, 0.3) is 0 Å². The molecule has 2 aromatic rings. The van der Waals surface area contributed by atoms with Gasteiger partial charge in [0.2, 0.25) is 0 Å². The molecular weight excluding hydrogens is 364 g/mol. The molecule has 0 spiro atoms. The maximum absolute atomic E-state index is 11.8. The first kappa shape index (κ1) is 20.7. The third kappa shape index (κ3) is 5.28. The lowest BCUT2D eigenvalue weighted by molar-refractivity contribution is 0.0963. The SMILES string of the molecule is CN=C(NCCc1cccc(C(=O)NC)c1)N1CCC(c2ccc(OC)cc2)C1. The highest BCUT2D eigenvalue weighted by Gasteiger charge is 2.25. The van der Waals surface area contributed by atoms with Crippen molar-refractivity contribution in [3.63, 3.8) is 0 Å². The summed E-state index contributed by atoms with van der Waals surface area (Å²) >= 11 is 0. The Morgan fingerprint density at radius 1 is 1.24 bits per heavy atom. The molecule has 6 nitrogen and oxygen atoms in total. The number of nitrogens with one attached hydrogen (secondary N) is 2. The molecule has 1 atom stereocenters. The summed E-state index contributed by atoms with van der Waals surface area (Å²) in [6.07, 6.45) is 1.95. The Morgan fingerprint density at radius 3 is 2.72 bits per heavy atom. The van der Waals surface area contributed by atoms with Crippen LogP contribution in [0.15, 0.2) is 53.5 Å². The van der Waals surface area contributed by atoms with E-state index in [1.54, 1.807) is 14.2 Å². The Hall–Kier alpha value is -3.02. The van der Waals surface area contributed by atoms with Crippen LogP contribution in [0.5, 0.6) is 5.75 Å². The minimum Gasteiger partial charge on any atom is -0.497 e. The van der Waals surface area contributed by atoms with Crippen molar-refractivity contribution >= 4 is 11.9 Å². The smallest absolute Gasteiger partial charge is 0.251 e. The van der Waals surface area contributed by atoms with E-state index in [2.05, 4.69) is 32.7 Å². The summed E-state index contributed by atoms with van der Waals surface area (Å²) in [6.45, 7) is 2.72. The number of carbonyl (C=O) groups is 1. The maximum Gasteiger partial charge on any atom is 0.251 e. The van der Waals surface area contributed by atoms with E-state index in [-0.39, 0.29) is 5.91 Å². The molecule has 0 radical (unpaired) electrons. The van der Waals surface area contributed by atoms with Gasteiger partial charge in [-0.15, -0.1) is 0 Å². The lowest BCUT2D eigenvalue weighted by atomic mass is 9.98. The Kier molecular flexibility index (Phi) is 7.11. The highest BCUT2D eigenvalue weighted by molar-refractivity contribution is 5.94. The molecule has 1 heterocycles. The minimum atomic E-state index is -0.0581. The van der Waals surface area contributed by atoms with Crippen LogP contribution in [0.1, 0.15) is 33.8 Å². The highest BCUT2D eigenvalue weighted by atomic mass is 16.5. The second kappa shape index (κ2) is 9.96. The lowest BCUT2D eigenvalue weighted by Gasteiger charge is -2.22. The molecule has 0 aromatic heterocycles. The van der Waals surface area contributed by atoms with Crippen LogP contribution in [-0.4, -0.2) is 57.6 Å². The molecule has 2 N–H and O–H groups in total. The number of benzene rings is 2. The van der Waals surface area contributed by atoms with Gasteiger partial charge in [0.1, 0.15) is 5.75 Å². The fourth-order valence-corrected chi connectivity index (χ4v) is 3.76. The standard InChI is InChI=1S/C23H30N4O2/c1-24-22(28)19-6-4-5-17(15-19)11-13-26-23(25-2)27-14-12-20(16-27)18-7-9-21(29-3)10-8-18/h4-10,15,20H,11-14,16H2,1-3H3,(H,24,28)(H,25,26). The summed E-state index contributed by atoms with van der Waals surface area (Å²) < 4.78 is 5.25. The first-order chi connectivity index (χ1) is 14.1. The molecule has 1 unspecified atom stereocenters. The van der Waals surface area contributed by atoms with E-state index in [0.29, 0.717) is 11.5 Å². The van der Waals surface area contributed by atoms with E-state index in [0.717, 1.165) is 49.7 Å². The zero-order chi connectivity index (χ0) is 20.6. The zero-order valence-electron chi connectivity index (χ0n) is 17.4. The Balaban J connectivity index is 1.52. The molecule has 1 fully saturated rings. The summed E-state index contributed by atoms with van der Waals surface area (Å²) in [5, 5.41) is 6.13. The molecule has 0 saturated carbocycles. The molecule has 1 saturated heterocycles. The molecule has 0 bridgehead atoms. The van der Waals surface area contributed by atoms with Gasteiger partial charge in [0, 0.05) is 45.2 Å². The summed E-state index contributed by atoms with van der Waals surface area (Å²) in [5.41, 5.74) is 3.16. The zero-order valence-corrected chi connectivity index (χ0v) is 17.4. The molecule has 2 aromatic carbocycles. The summed E-state index contributed by atoms with van der Waals surface area (Å²) in [5.74, 6) is 2.27. The third-order valence-corrected chi connectivity index (χ3v) is 5.40. The second-order valence-corrected chi connectivity index (χ2v) is 7.21. The normalized spacial score (nSPS) is 16.6. The highest BCUT2D eigenvalue weighted by Crippen LogP contribution is 2.28. The topological polar surface area (TPSA) is 66.0 Å². The Morgan fingerprint density at radius 2 is 2.03 bits per heavy atom. The van der Waals surface area contributed by atoms with Gasteiger partial charge in [0.15, 0.2) is 5.96 Å². The van der Waals surface area contributed by atoms with Gasteiger partial charge in [0.25, 0.3) is 5.91 Å². The molecule has 0 aliphatic carbocycles. The monoisotopic (exact) mass is 394 g/mol. The van der Waals surface area contributed by atoms with Crippen molar-refractivity contribution in [3.05, 3.63) is 65.2 Å². The van der Waals surface area contributed by atoms with Crippen LogP contribution in [-0.2, 0) is 6.42 Å². The Labute approximate surface area is 173 Å². The number of amides is 1. The first-order valence-electron chi connectivity index (χ1n) is 10.0. The van der Waals surface area contributed by atoms with Crippen LogP contribution in [0, 0.1) is 0 Å². The number of hydrogen-bond acceptors (Lipinski definition) is 3. The number of methoxy groups -OCH3 is 1. The van der Waals surface area contributed by atoms with Crippen LogP contribution < -0.4 is 15.4 Å². The lowest BCUT2D eigenvalue weighted by Crippen LogP contribution is -2.40. The summed E-state index contributed by atoms with van der Waals surface area (Å²) in [7, 11) is 5.17. The molecule has 6 heteroatoms. The number of carbonyl (C=O) groups excluding carboxylic acids is 1. The number of aliphatic imine (C=N–C) groups is 1. The number of rotatable bonds is 6. The number of guanidine groups is 1. The van der Waals surface area contributed by atoms with Crippen molar-refractivity contribution in [2.45, 2.75) is 18.8 Å². The van der Waals surface area contributed by atoms with Crippen molar-refractivity contribution in [1.82, 2.24) is 15.5 Å². The van der Waals surface area contributed by atoms with E-state index in [1.165, 1.54) is 5.56 Å². The van der Waals surface area contributed by atoms with Crippen molar-refractivity contribution in [1.29, 1.82) is 0 Å². The average Bonchev–Trinajstić information content (AvgIpc) is 3.26. The van der Waals surface area contributed by atoms with Crippen LogP contribution in [0.2, 0.25) is 0 Å². The van der Waals surface area contributed by atoms with Gasteiger partial charge in [-0.1, -0.05) is 24.3 Å². The predicted octanol–water partition coefficient (Wildman–Crippen LogP) is 2.66. The molecule has 154 valence electrons. The van der Waals surface area contributed by atoms with Gasteiger partial charge in [-0.3, -0.25) is 9.79 Å². The van der Waals surface area contributed by atoms with Gasteiger partial charge in [-0.05, 0) is 48.2 Å². The van der Waals surface area contributed by atoms with E-state index < -0.39 is 0 Å².